The summed E-state index contributed by atoms with van der Waals surface area (Å²) in [4.78, 5) is 27.7. The van der Waals surface area contributed by atoms with Gasteiger partial charge in [-0.2, -0.15) is 0 Å². The maximum absolute atomic E-state index is 12.1. The molecule has 124 valence electrons. The summed E-state index contributed by atoms with van der Waals surface area (Å²) in [6.07, 6.45) is 2.85. The minimum absolute atomic E-state index is 0.0264. The van der Waals surface area contributed by atoms with Crippen LogP contribution < -0.4 is 10.6 Å². The first-order valence-corrected chi connectivity index (χ1v) is 7.35. The topological polar surface area (TPSA) is 115 Å². The first-order chi connectivity index (χ1) is 11.5. The fourth-order valence-corrected chi connectivity index (χ4v) is 1.99. The molecular weight excluding hydrogens is 312 g/mol. The highest BCUT2D eigenvalue weighted by atomic mass is 16.3. The Morgan fingerprint density at radius 1 is 1.29 bits per heavy atom. The Balaban J connectivity index is 1.60. The van der Waals surface area contributed by atoms with Crippen LogP contribution in [0.3, 0.4) is 0 Å². The van der Waals surface area contributed by atoms with Gasteiger partial charge in [0.15, 0.2) is 17.8 Å². The van der Waals surface area contributed by atoms with Crippen molar-refractivity contribution in [2.45, 2.75) is 20.4 Å². The van der Waals surface area contributed by atoms with Crippen LogP contribution in [0, 0.1) is 5.92 Å². The molecule has 0 atom stereocenters. The van der Waals surface area contributed by atoms with Gasteiger partial charge in [-0.3, -0.25) is 9.59 Å². The SMILES string of the molecule is CC(C)C(=O)Nc1cn(CC(=O)Nc2ccc3ocnc3c2)nn1. The van der Waals surface area contributed by atoms with Crippen LogP contribution >= 0.6 is 0 Å². The minimum atomic E-state index is -0.274. The van der Waals surface area contributed by atoms with Crippen molar-refractivity contribution in [3.8, 4) is 0 Å². The van der Waals surface area contributed by atoms with Gasteiger partial charge in [0.25, 0.3) is 0 Å². The van der Waals surface area contributed by atoms with Crippen molar-refractivity contribution in [3.63, 3.8) is 0 Å². The average molecular weight is 328 g/mol. The lowest BCUT2D eigenvalue weighted by Gasteiger charge is -2.05. The molecule has 3 aromatic rings. The van der Waals surface area contributed by atoms with E-state index in [2.05, 4.69) is 25.9 Å². The second-order valence-electron chi connectivity index (χ2n) is 5.53. The third-order valence-corrected chi connectivity index (χ3v) is 3.23. The number of carbonyl (C=O) groups is 2. The Hall–Kier alpha value is -3.23. The van der Waals surface area contributed by atoms with Gasteiger partial charge >= 0.3 is 0 Å². The number of benzene rings is 1. The Morgan fingerprint density at radius 2 is 2.12 bits per heavy atom. The Bertz CT molecular complexity index is 882. The molecule has 0 aliphatic carbocycles. The molecule has 2 aromatic heterocycles. The number of nitrogens with one attached hydrogen (secondary N) is 2. The monoisotopic (exact) mass is 328 g/mol. The predicted molar refractivity (Wildman–Crippen MR) is 86.1 cm³/mol. The zero-order valence-corrected chi connectivity index (χ0v) is 13.2. The van der Waals surface area contributed by atoms with Crippen LogP contribution in [0.15, 0.2) is 35.2 Å². The highest BCUT2D eigenvalue weighted by Crippen LogP contribution is 2.17. The smallest absolute Gasteiger partial charge is 0.246 e. The number of oxazole rings is 1. The van der Waals surface area contributed by atoms with E-state index in [1.165, 1.54) is 17.3 Å². The molecule has 2 amide bonds. The molecule has 24 heavy (non-hydrogen) atoms. The molecule has 9 heteroatoms. The van der Waals surface area contributed by atoms with Crippen molar-refractivity contribution in [3.05, 3.63) is 30.8 Å². The molecule has 0 saturated heterocycles. The number of fused-ring (bicyclic) bond motifs is 1. The van der Waals surface area contributed by atoms with Crippen LogP contribution in [0.25, 0.3) is 11.1 Å². The quantitative estimate of drug-likeness (QED) is 0.736. The molecule has 2 heterocycles. The van der Waals surface area contributed by atoms with Crippen molar-refractivity contribution in [2.75, 3.05) is 10.6 Å². The summed E-state index contributed by atoms with van der Waals surface area (Å²) in [5, 5.41) is 13.0. The molecule has 0 spiro atoms. The van der Waals surface area contributed by atoms with Gasteiger partial charge in [-0.25, -0.2) is 9.67 Å². The lowest BCUT2D eigenvalue weighted by Crippen LogP contribution is -2.19. The summed E-state index contributed by atoms with van der Waals surface area (Å²) in [6, 6.07) is 5.17. The van der Waals surface area contributed by atoms with Crippen molar-refractivity contribution in [1.82, 2.24) is 20.0 Å². The molecule has 9 nitrogen and oxygen atoms in total. The van der Waals surface area contributed by atoms with E-state index in [9.17, 15) is 9.59 Å². The van der Waals surface area contributed by atoms with E-state index in [-0.39, 0.29) is 24.3 Å². The number of amides is 2. The van der Waals surface area contributed by atoms with Crippen molar-refractivity contribution < 1.29 is 14.0 Å². The van der Waals surface area contributed by atoms with Crippen LogP contribution in [-0.4, -0.2) is 31.8 Å². The zero-order chi connectivity index (χ0) is 17.1. The molecule has 1 aromatic carbocycles. The third kappa shape index (κ3) is 3.57. The summed E-state index contributed by atoms with van der Waals surface area (Å²) >= 11 is 0. The average Bonchev–Trinajstić information content (AvgIpc) is 3.15. The number of nitrogens with zero attached hydrogens (tertiary/aromatic N) is 4. The molecule has 0 bridgehead atoms. The second kappa shape index (κ2) is 6.49. The molecule has 0 fully saturated rings. The number of rotatable bonds is 5. The molecular formula is C15H16N6O3. The Kier molecular flexibility index (Phi) is 4.23. The van der Waals surface area contributed by atoms with Gasteiger partial charge in [0.1, 0.15) is 12.1 Å². The van der Waals surface area contributed by atoms with Crippen LogP contribution in [0.1, 0.15) is 13.8 Å². The van der Waals surface area contributed by atoms with E-state index in [1.807, 2.05) is 0 Å². The predicted octanol–water partition coefficient (Wildman–Crippen LogP) is 1.65. The molecule has 3 rings (SSSR count). The van der Waals surface area contributed by atoms with E-state index < -0.39 is 0 Å². The van der Waals surface area contributed by atoms with Gasteiger partial charge in [0.05, 0.1) is 6.20 Å². The highest BCUT2D eigenvalue weighted by molar-refractivity contribution is 5.93. The Labute approximate surface area is 137 Å². The van der Waals surface area contributed by atoms with Gasteiger partial charge in [0.2, 0.25) is 11.8 Å². The molecule has 0 aliphatic rings. The lowest BCUT2D eigenvalue weighted by molar-refractivity contribution is -0.119. The molecule has 0 saturated carbocycles. The molecule has 0 radical (unpaired) electrons. The normalized spacial score (nSPS) is 11.0. The Morgan fingerprint density at radius 3 is 2.92 bits per heavy atom. The standard InChI is InChI=1S/C15H16N6O3/c1-9(2)15(23)18-13-6-21(20-19-13)7-14(22)17-10-3-4-12-11(5-10)16-8-24-12/h3-6,8-9H,7H2,1-2H3,(H,17,22)(H,18,23). The molecule has 0 aliphatic heterocycles. The van der Waals surface area contributed by atoms with Gasteiger partial charge in [0, 0.05) is 11.6 Å². The second-order valence-corrected chi connectivity index (χ2v) is 5.53. The number of anilines is 2. The van der Waals surface area contributed by atoms with Gasteiger partial charge in [-0.15, -0.1) is 5.10 Å². The maximum atomic E-state index is 12.1. The lowest BCUT2D eigenvalue weighted by atomic mass is 10.2. The van der Waals surface area contributed by atoms with Crippen LogP contribution in [0.4, 0.5) is 11.5 Å². The summed E-state index contributed by atoms with van der Waals surface area (Å²) < 4.78 is 6.49. The first kappa shape index (κ1) is 15.7. The van der Waals surface area contributed by atoms with Crippen molar-refractivity contribution in [1.29, 1.82) is 0 Å². The van der Waals surface area contributed by atoms with E-state index in [0.29, 0.717) is 22.6 Å². The van der Waals surface area contributed by atoms with E-state index in [0.717, 1.165) is 0 Å². The molecule has 0 unspecified atom stereocenters. The van der Waals surface area contributed by atoms with Crippen LogP contribution in [-0.2, 0) is 16.1 Å². The van der Waals surface area contributed by atoms with Gasteiger partial charge in [-0.1, -0.05) is 19.1 Å². The van der Waals surface area contributed by atoms with Gasteiger partial charge in [-0.05, 0) is 18.2 Å². The van der Waals surface area contributed by atoms with Crippen molar-refractivity contribution >= 4 is 34.4 Å². The van der Waals surface area contributed by atoms with Gasteiger partial charge < -0.3 is 15.1 Å². The number of carbonyl (C=O) groups excluding carboxylic acids is 2. The summed E-state index contributed by atoms with van der Waals surface area (Å²) in [7, 11) is 0. The summed E-state index contributed by atoms with van der Waals surface area (Å²) in [6.45, 7) is 3.53. The van der Waals surface area contributed by atoms with Crippen molar-refractivity contribution in [2.24, 2.45) is 5.92 Å². The first-order valence-electron chi connectivity index (χ1n) is 7.35. The zero-order valence-electron chi connectivity index (χ0n) is 13.2. The van der Waals surface area contributed by atoms with E-state index in [4.69, 9.17) is 4.42 Å². The van der Waals surface area contributed by atoms with Crippen LogP contribution in [0.2, 0.25) is 0 Å². The summed E-state index contributed by atoms with van der Waals surface area (Å²) in [5.74, 6) is -0.285. The third-order valence-electron chi connectivity index (χ3n) is 3.23. The highest BCUT2D eigenvalue weighted by Gasteiger charge is 2.11. The molecule has 2 N–H and O–H groups in total. The number of hydrogen-bond donors (Lipinski definition) is 2. The fraction of sp³-hybridized carbons (Fsp3) is 0.267. The van der Waals surface area contributed by atoms with E-state index in [1.54, 1.807) is 32.0 Å². The fourth-order valence-electron chi connectivity index (χ4n) is 1.99. The van der Waals surface area contributed by atoms with E-state index >= 15 is 0 Å². The number of aromatic nitrogens is 4. The van der Waals surface area contributed by atoms with Crippen LogP contribution in [0.5, 0.6) is 0 Å². The number of hydrogen-bond acceptors (Lipinski definition) is 6. The largest absolute Gasteiger partial charge is 0.443 e. The minimum Gasteiger partial charge on any atom is -0.443 e. The maximum Gasteiger partial charge on any atom is 0.246 e. The summed E-state index contributed by atoms with van der Waals surface area (Å²) in [5.41, 5.74) is 1.91.